The molecule has 1 N–H and O–H groups in total. The highest BCUT2D eigenvalue weighted by atomic mass is 16.1. The Morgan fingerprint density at radius 2 is 2.00 bits per heavy atom. The van der Waals surface area contributed by atoms with Crippen molar-refractivity contribution in [2.75, 3.05) is 19.6 Å². The van der Waals surface area contributed by atoms with E-state index in [0.717, 1.165) is 25.9 Å². The average Bonchev–Trinajstić information content (AvgIpc) is 2.18. The molecule has 96 valence electrons. The highest BCUT2D eigenvalue weighted by Gasteiger charge is 2.22. The minimum Gasteiger partial charge on any atom is -0.353 e. The Morgan fingerprint density at radius 1 is 1.41 bits per heavy atom. The number of nitrogens with zero attached hydrogens (tertiary/aromatic N) is 2. The van der Waals surface area contributed by atoms with E-state index in [4.69, 9.17) is 5.26 Å². The van der Waals surface area contributed by atoms with E-state index in [-0.39, 0.29) is 11.3 Å². The second kappa shape index (κ2) is 6.02. The van der Waals surface area contributed by atoms with Crippen molar-refractivity contribution in [3.8, 4) is 6.07 Å². The van der Waals surface area contributed by atoms with E-state index in [1.54, 1.807) is 0 Å². The molecule has 0 aromatic heterocycles. The highest BCUT2D eigenvalue weighted by Crippen LogP contribution is 2.18. The van der Waals surface area contributed by atoms with Crippen LogP contribution in [0.25, 0.3) is 0 Å². The smallest absolute Gasteiger partial charge is 0.220 e. The fourth-order valence-corrected chi connectivity index (χ4v) is 2.10. The number of piperidine rings is 1. The fraction of sp³-hybridized carbons (Fsp3) is 0.846. The number of rotatable bonds is 3. The number of likely N-dealkylation sites (tertiary alicyclic amines) is 1. The monoisotopic (exact) mass is 237 g/mol. The van der Waals surface area contributed by atoms with Gasteiger partial charge in [-0.1, -0.05) is 20.8 Å². The molecule has 1 saturated heterocycles. The Labute approximate surface area is 104 Å². The van der Waals surface area contributed by atoms with Gasteiger partial charge >= 0.3 is 0 Å². The number of carbonyl (C=O) groups excluding carboxylic acids is 1. The van der Waals surface area contributed by atoms with E-state index in [9.17, 15) is 4.79 Å². The lowest BCUT2D eigenvalue weighted by molar-refractivity contribution is -0.123. The van der Waals surface area contributed by atoms with Gasteiger partial charge in [0.2, 0.25) is 5.91 Å². The first kappa shape index (κ1) is 14.0. The molecule has 0 aromatic rings. The van der Waals surface area contributed by atoms with Crippen LogP contribution in [0, 0.1) is 16.7 Å². The van der Waals surface area contributed by atoms with E-state index < -0.39 is 0 Å². The highest BCUT2D eigenvalue weighted by molar-refractivity contribution is 5.76. The number of hydrogen-bond acceptors (Lipinski definition) is 3. The number of nitrogens with one attached hydrogen (secondary N) is 1. The van der Waals surface area contributed by atoms with Crippen LogP contribution < -0.4 is 5.32 Å². The summed E-state index contributed by atoms with van der Waals surface area (Å²) in [6.45, 7) is 8.54. The van der Waals surface area contributed by atoms with Crippen LogP contribution in [0.15, 0.2) is 0 Å². The second-order valence-corrected chi connectivity index (χ2v) is 6.01. The summed E-state index contributed by atoms with van der Waals surface area (Å²) < 4.78 is 0. The third-order valence-electron chi connectivity index (χ3n) is 2.94. The Bertz CT molecular complexity index is 293. The molecule has 1 amide bonds. The van der Waals surface area contributed by atoms with Crippen molar-refractivity contribution in [1.29, 1.82) is 5.26 Å². The third-order valence-corrected chi connectivity index (χ3v) is 2.94. The van der Waals surface area contributed by atoms with Gasteiger partial charge in [-0.2, -0.15) is 5.26 Å². The minimum atomic E-state index is 0.0472. The van der Waals surface area contributed by atoms with Gasteiger partial charge in [-0.3, -0.25) is 9.69 Å². The summed E-state index contributed by atoms with van der Waals surface area (Å²) in [5.41, 5.74) is 0.0472. The summed E-state index contributed by atoms with van der Waals surface area (Å²) in [7, 11) is 0. The lowest BCUT2D eigenvalue weighted by Crippen LogP contribution is -2.45. The van der Waals surface area contributed by atoms with Crippen LogP contribution in [0.2, 0.25) is 0 Å². The molecule has 0 unspecified atom stereocenters. The average molecular weight is 237 g/mol. The first-order valence-corrected chi connectivity index (χ1v) is 6.29. The number of hydrogen-bond donors (Lipinski definition) is 1. The molecule has 0 spiro atoms. The van der Waals surface area contributed by atoms with Crippen molar-refractivity contribution in [3.63, 3.8) is 0 Å². The summed E-state index contributed by atoms with van der Waals surface area (Å²) in [5, 5.41) is 11.7. The first-order chi connectivity index (χ1) is 7.90. The zero-order valence-corrected chi connectivity index (χ0v) is 11.1. The molecule has 0 saturated carbocycles. The maximum Gasteiger partial charge on any atom is 0.220 e. The van der Waals surface area contributed by atoms with Crippen LogP contribution in [-0.4, -0.2) is 36.5 Å². The Morgan fingerprint density at radius 3 is 2.47 bits per heavy atom. The molecule has 0 bridgehead atoms. The first-order valence-electron chi connectivity index (χ1n) is 6.29. The molecular weight excluding hydrogens is 214 g/mol. The van der Waals surface area contributed by atoms with Gasteiger partial charge in [-0.05, 0) is 18.3 Å². The maximum atomic E-state index is 11.8. The predicted octanol–water partition coefficient (Wildman–Crippen LogP) is 1.53. The van der Waals surface area contributed by atoms with Crippen molar-refractivity contribution in [2.24, 2.45) is 5.41 Å². The van der Waals surface area contributed by atoms with E-state index >= 15 is 0 Å². The lowest BCUT2D eigenvalue weighted by Gasteiger charge is -2.31. The van der Waals surface area contributed by atoms with Gasteiger partial charge in [0, 0.05) is 25.6 Å². The maximum absolute atomic E-state index is 11.8. The minimum absolute atomic E-state index is 0.0472. The number of nitriles is 1. The van der Waals surface area contributed by atoms with E-state index in [1.165, 1.54) is 0 Å². The van der Waals surface area contributed by atoms with Gasteiger partial charge in [-0.25, -0.2) is 0 Å². The fourth-order valence-electron chi connectivity index (χ4n) is 2.10. The summed E-state index contributed by atoms with van der Waals surface area (Å²) in [5.74, 6) is 0.149. The molecule has 0 aliphatic carbocycles. The molecule has 0 radical (unpaired) electrons. The predicted molar refractivity (Wildman–Crippen MR) is 67.3 cm³/mol. The number of amides is 1. The normalized spacial score (nSPS) is 18.7. The molecule has 4 heteroatoms. The van der Waals surface area contributed by atoms with Crippen molar-refractivity contribution in [3.05, 3.63) is 0 Å². The molecule has 1 rings (SSSR count). The van der Waals surface area contributed by atoms with Crippen LogP contribution >= 0.6 is 0 Å². The SMILES string of the molecule is CC(C)(C)CC(=O)NC1CCN(CC#N)CC1. The van der Waals surface area contributed by atoms with Gasteiger partial charge in [0.15, 0.2) is 0 Å². The van der Waals surface area contributed by atoms with Crippen LogP contribution in [0.1, 0.15) is 40.0 Å². The van der Waals surface area contributed by atoms with Crippen molar-refractivity contribution >= 4 is 5.91 Å². The van der Waals surface area contributed by atoms with Crippen molar-refractivity contribution in [1.82, 2.24) is 10.2 Å². The standard InChI is InChI=1S/C13H23N3O/c1-13(2,3)10-12(17)15-11-4-7-16(8-5-11)9-6-14/h11H,4-5,7-10H2,1-3H3,(H,15,17). The summed E-state index contributed by atoms with van der Waals surface area (Å²) in [4.78, 5) is 13.9. The molecule has 0 atom stereocenters. The lowest BCUT2D eigenvalue weighted by atomic mass is 9.91. The largest absolute Gasteiger partial charge is 0.353 e. The third kappa shape index (κ3) is 5.69. The van der Waals surface area contributed by atoms with E-state index in [0.29, 0.717) is 19.0 Å². The van der Waals surface area contributed by atoms with Crippen LogP contribution in [0.3, 0.4) is 0 Å². The van der Waals surface area contributed by atoms with Crippen LogP contribution in [0.4, 0.5) is 0 Å². The zero-order chi connectivity index (χ0) is 12.9. The molecule has 1 heterocycles. The Balaban J connectivity index is 2.27. The van der Waals surface area contributed by atoms with Crippen molar-refractivity contribution in [2.45, 2.75) is 46.1 Å². The van der Waals surface area contributed by atoms with E-state index in [1.807, 2.05) is 0 Å². The zero-order valence-electron chi connectivity index (χ0n) is 11.1. The summed E-state index contributed by atoms with van der Waals surface area (Å²) in [6.07, 6.45) is 2.49. The van der Waals surface area contributed by atoms with E-state index in [2.05, 4.69) is 37.1 Å². The number of carbonyl (C=O) groups is 1. The topological polar surface area (TPSA) is 56.1 Å². The Hall–Kier alpha value is -1.08. The van der Waals surface area contributed by atoms with Crippen LogP contribution in [-0.2, 0) is 4.79 Å². The molecule has 4 nitrogen and oxygen atoms in total. The molecule has 0 aromatic carbocycles. The van der Waals surface area contributed by atoms with Gasteiger partial charge in [-0.15, -0.1) is 0 Å². The van der Waals surface area contributed by atoms with Crippen molar-refractivity contribution < 1.29 is 4.79 Å². The molecule has 1 aliphatic heterocycles. The van der Waals surface area contributed by atoms with Gasteiger partial charge in [0.05, 0.1) is 12.6 Å². The summed E-state index contributed by atoms with van der Waals surface area (Å²) >= 11 is 0. The molecule has 1 aliphatic rings. The van der Waals surface area contributed by atoms with Gasteiger partial charge in [0.25, 0.3) is 0 Å². The molecule has 1 fully saturated rings. The van der Waals surface area contributed by atoms with Gasteiger partial charge < -0.3 is 5.32 Å². The second-order valence-electron chi connectivity index (χ2n) is 6.01. The molecule has 17 heavy (non-hydrogen) atoms. The van der Waals surface area contributed by atoms with Gasteiger partial charge in [0.1, 0.15) is 0 Å². The molecular formula is C13H23N3O. The summed E-state index contributed by atoms with van der Waals surface area (Å²) in [6, 6.07) is 2.45. The Kier molecular flexibility index (Phi) is 4.95. The quantitative estimate of drug-likeness (QED) is 0.757. The van der Waals surface area contributed by atoms with Crippen LogP contribution in [0.5, 0.6) is 0 Å².